The van der Waals surface area contributed by atoms with Crippen LogP contribution in [0.3, 0.4) is 0 Å². The molecule has 2 heterocycles. The number of amides is 2. The Labute approximate surface area is 173 Å². The van der Waals surface area contributed by atoms with E-state index in [9.17, 15) is 9.59 Å². The van der Waals surface area contributed by atoms with Crippen LogP contribution in [-0.4, -0.2) is 47.1 Å². The molecular formula is C21H21N5O4. The molecule has 3 aromatic rings. The lowest BCUT2D eigenvalue weighted by Gasteiger charge is -2.24. The van der Waals surface area contributed by atoms with Crippen LogP contribution in [0.25, 0.3) is 0 Å². The zero-order chi connectivity index (χ0) is 20.9. The van der Waals surface area contributed by atoms with Crippen LogP contribution < -0.4 is 20.1 Å². The van der Waals surface area contributed by atoms with Gasteiger partial charge in [0, 0.05) is 0 Å². The third-order valence-corrected chi connectivity index (χ3v) is 4.74. The minimum atomic E-state index is -0.479. The molecule has 1 aliphatic heterocycles. The Morgan fingerprint density at radius 3 is 2.67 bits per heavy atom. The Kier molecular flexibility index (Phi) is 5.60. The van der Waals surface area contributed by atoms with Gasteiger partial charge in [-0.05, 0) is 17.7 Å². The highest BCUT2D eigenvalue weighted by Crippen LogP contribution is 2.25. The van der Waals surface area contributed by atoms with E-state index in [1.807, 2.05) is 42.5 Å². The van der Waals surface area contributed by atoms with Crippen molar-refractivity contribution in [2.45, 2.75) is 12.6 Å². The van der Waals surface area contributed by atoms with Gasteiger partial charge in [-0.25, -0.2) is 4.68 Å². The molecule has 4 rings (SSSR count). The fraction of sp³-hybridized carbons (Fsp3) is 0.238. The second-order valence-corrected chi connectivity index (χ2v) is 6.66. The molecule has 0 fully saturated rings. The molecule has 154 valence electrons. The zero-order valence-corrected chi connectivity index (χ0v) is 16.4. The largest absolute Gasteiger partial charge is 0.493 e. The van der Waals surface area contributed by atoms with Crippen molar-refractivity contribution >= 4 is 11.8 Å². The van der Waals surface area contributed by atoms with E-state index >= 15 is 0 Å². The molecule has 0 saturated heterocycles. The molecule has 0 spiro atoms. The predicted octanol–water partition coefficient (Wildman–Crippen LogP) is 1.58. The molecule has 0 radical (unpaired) electrons. The maximum Gasteiger partial charge on any atom is 0.274 e. The van der Waals surface area contributed by atoms with Gasteiger partial charge in [-0.15, -0.1) is 5.10 Å². The van der Waals surface area contributed by atoms with Gasteiger partial charge in [-0.3, -0.25) is 9.59 Å². The predicted molar refractivity (Wildman–Crippen MR) is 107 cm³/mol. The SMILES string of the molecule is COc1ccccc1OCCNC(=O)c1nnn2c1C(=O)N[C@@H](c1ccccc1)C2. The zero-order valence-electron chi connectivity index (χ0n) is 16.4. The summed E-state index contributed by atoms with van der Waals surface area (Å²) in [5, 5.41) is 13.5. The molecule has 0 aliphatic carbocycles. The van der Waals surface area contributed by atoms with E-state index in [4.69, 9.17) is 9.47 Å². The first-order chi connectivity index (χ1) is 14.7. The number of nitrogens with one attached hydrogen (secondary N) is 2. The highest BCUT2D eigenvalue weighted by Gasteiger charge is 2.32. The summed E-state index contributed by atoms with van der Waals surface area (Å²) in [5.41, 5.74) is 1.12. The van der Waals surface area contributed by atoms with Gasteiger partial charge >= 0.3 is 0 Å². The summed E-state index contributed by atoms with van der Waals surface area (Å²) >= 11 is 0. The number of para-hydroxylation sites is 2. The lowest BCUT2D eigenvalue weighted by molar-refractivity contribution is 0.0875. The lowest BCUT2D eigenvalue weighted by atomic mass is 10.0. The summed E-state index contributed by atoms with van der Waals surface area (Å²) in [6, 6.07) is 16.6. The Morgan fingerprint density at radius 1 is 1.17 bits per heavy atom. The molecule has 9 heteroatoms. The van der Waals surface area contributed by atoms with Gasteiger partial charge in [0.15, 0.2) is 22.9 Å². The standard InChI is InChI=1S/C21H21N5O4/c1-29-16-9-5-6-10-17(16)30-12-11-22-20(27)18-19-21(28)23-15(13-26(19)25-24-18)14-7-3-2-4-8-14/h2-10,15H,11-13H2,1H3,(H,22,27)(H,23,28)/t15-/m1/s1. The van der Waals surface area contributed by atoms with Gasteiger partial charge in [0.05, 0.1) is 26.2 Å². The molecule has 2 aromatic carbocycles. The molecule has 0 saturated carbocycles. The van der Waals surface area contributed by atoms with Gasteiger partial charge in [0.25, 0.3) is 11.8 Å². The van der Waals surface area contributed by atoms with Crippen molar-refractivity contribution in [3.8, 4) is 11.5 Å². The summed E-state index contributed by atoms with van der Waals surface area (Å²) in [7, 11) is 1.56. The smallest absolute Gasteiger partial charge is 0.274 e. The number of aromatic nitrogens is 3. The molecule has 1 aromatic heterocycles. The van der Waals surface area contributed by atoms with Crippen molar-refractivity contribution in [3.63, 3.8) is 0 Å². The summed E-state index contributed by atoms with van der Waals surface area (Å²) in [4.78, 5) is 25.1. The van der Waals surface area contributed by atoms with Crippen molar-refractivity contribution in [1.82, 2.24) is 25.6 Å². The van der Waals surface area contributed by atoms with E-state index in [1.54, 1.807) is 19.2 Å². The number of nitrogens with zero attached hydrogens (tertiary/aromatic N) is 3. The quantitative estimate of drug-likeness (QED) is 0.576. The third kappa shape index (κ3) is 3.95. The van der Waals surface area contributed by atoms with E-state index in [1.165, 1.54) is 4.68 Å². The molecular weight excluding hydrogens is 386 g/mol. The van der Waals surface area contributed by atoms with Crippen LogP contribution in [0.1, 0.15) is 32.6 Å². The first-order valence-corrected chi connectivity index (χ1v) is 9.50. The summed E-state index contributed by atoms with van der Waals surface area (Å²) in [6.07, 6.45) is 0. The van der Waals surface area contributed by atoms with Crippen LogP contribution >= 0.6 is 0 Å². The number of carbonyl (C=O) groups is 2. The number of hydrogen-bond acceptors (Lipinski definition) is 6. The average molecular weight is 407 g/mol. The van der Waals surface area contributed by atoms with Gasteiger partial charge < -0.3 is 20.1 Å². The van der Waals surface area contributed by atoms with E-state index in [-0.39, 0.29) is 36.5 Å². The maximum atomic E-state index is 12.6. The molecule has 2 N–H and O–H groups in total. The van der Waals surface area contributed by atoms with Crippen molar-refractivity contribution in [2.24, 2.45) is 0 Å². The highest BCUT2D eigenvalue weighted by atomic mass is 16.5. The Balaban J connectivity index is 1.37. The maximum absolute atomic E-state index is 12.6. The number of carbonyl (C=O) groups excluding carboxylic acids is 2. The lowest BCUT2D eigenvalue weighted by Crippen LogP contribution is -2.40. The molecule has 1 atom stereocenters. The minimum absolute atomic E-state index is 0.00342. The number of rotatable bonds is 7. The van der Waals surface area contributed by atoms with Gasteiger partial charge in [-0.1, -0.05) is 47.7 Å². The third-order valence-electron chi connectivity index (χ3n) is 4.74. The summed E-state index contributed by atoms with van der Waals surface area (Å²) in [5.74, 6) is 0.339. The van der Waals surface area contributed by atoms with Crippen LogP contribution in [-0.2, 0) is 6.54 Å². The Bertz CT molecular complexity index is 1050. The van der Waals surface area contributed by atoms with Crippen molar-refractivity contribution in [1.29, 1.82) is 0 Å². The van der Waals surface area contributed by atoms with Crippen molar-refractivity contribution in [2.75, 3.05) is 20.3 Å². The van der Waals surface area contributed by atoms with Crippen LogP contribution in [0.15, 0.2) is 54.6 Å². The number of hydrogen-bond donors (Lipinski definition) is 2. The topological polar surface area (TPSA) is 107 Å². The van der Waals surface area contributed by atoms with E-state index in [0.717, 1.165) is 5.56 Å². The fourth-order valence-electron chi connectivity index (χ4n) is 3.29. The molecule has 0 bridgehead atoms. The average Bonchev–Trinajstić information content (AvgIpc) is 3.22. The highest BCUT2D eigenvalue weighted by molar-refractivity contribution is 6.05. The van der Waals surface area contributed by atoms with Crippen LogP contribution in [0.5, 0.6) is 11.5 Å². The minimum Gasteiger partial charge on any atom is -0.493 e. The molecule has 1 aliphatic rings. The number of ether oxygens (including phenoxy) is 2. The second kappa shape index (κ2) is 8.64. The first-order valence-electron chi connectivity index (χ1n) is 9.50. The number of benzene rings is 2. The van der Waals surface area contributed by atoms with Gasteiger partial charge in [0.1, 0.15) is 6.61 Å². The normalized spacial score (nSPS) is 15.1. The molecule has 30 heavy (non-hydrogen) atoms. The second-order valence-electron chi connectivity index (χ2n) is 6.66. The van der Waals surface area contributed by atoms with E-state index in [2.05, 4.69) is 20.9 Å². The molecule has 9 nitrogen and oxygen atoms in total. The molecule has 0 unspecified atom stereocenters. The van der Waals surface area contributed by atoms with Gasteiger partial charge in [-0.2, -0.15) is 0 Å². The van der Waals surface area contributed by atoms with E-state index < -0.39 is 5.91 Å². The summed E-state index contributed by atoms with van der Waals surface area (Å²) < 4.78 is 12.3. The number of fused-ring (bicyclic) bond motifs is 1. The summed E-state index contributed by atoms with van der Waals surface area (Å²) in [6.45, 7) is 0.873. The Hall–Kier alpha value is -3.88. The van der Waals surface area contributed by atoms with Crippen LogP contribution in [0, 0.1) is 0 Å². The monoisotopic (exact) mass is 407 g/mol. The number of methoxy groups -OCH3 is 1. The first kappa shape index (κ1) is 19.4. The van der Waals surface area contributed by atoms with Crippen LogP contribution in [0.2, 0.25) is 0 Å². The van der Waals surface area contributed by atoms with Crippen molar-refractivity contribution in [3.05, 3.63) is 71.5 Å². The fourth-order valence-corrected chi connectivity index (χ4v) is 3.29. The van der Waals surface area contributed by atoms with Crippen molar-refractivity contribution < 1.29 is 19.1 Å². The van der Waals surface area contributed by atoms with Gasteiger partial charge in [0.2, 0.25) is 0 Å². The Morgan fingerprint density at radius 2 is 1.90 bits per heavy atom. The van der Waals surface area contributed by atoms with E-state index in [0.29, 0.717) is 18.0 Å². The molecule has 2 amide bonds. The van der Waals surface area contributed by atoms with Crippen LogP contribution in [0.4, 0.5) is 0 Å².